The molecule has 8 heavy (non-hydrogen) atoms. The molecule has 3 nitrogen and oxygen atoms in total. The van der Waals surface area contributed by atoms with Crippen molar-refractivity contribution in [2.24, 2.45) is 0 Å². The van der Waals surface area contributed by atoms with Gasteiger partial charge in [-0.15, -0.1) is 0 Å². The largest absolute Gasteiger partial charge is 0.299 e. The fourth-order valence-electron chi connectivity index (χ4n) is 0.369. The summed E-state index contributed by atoms with van der Waals surface area (Å²) in [6.07, 6.45) is 0. The predicted molar refractivity (Wildman–Crippen MR) is 34.4 cm³/mol. The van der Waals surface area contributed by atoms with E-state index in [1.54, 1.807) is 0 Å². The molecular formula is C3H8O3SSi. The SMILES string of the molecule is CC(=O)CS(=O)(=O)[SiH3]. The van der Waals surface area contributed by atoms with E-state index in [2.05, 4.69) is 0 Å². The molecule has 0 unspecified atom stereocenters. The predicted octanol–water partition coefficient (Wildman–Crippen LogP) is -1.73. The van der Waals surface area contributed by atoms with Crippen molar-refractivity contribution in [1.82, 2.24) is 0 Å². The minimum Gasteiger partial charge on any atom is -0.299 e. The van der Waals surface area contributed by atoms with Crippen molar-refractivity contribution >= 4 is 24.5 Å². The summed E-state index contributed by atoms with van der Waals surface area (Å²) in [5.74, 6) is -0.556. The van der Waals surface area contributed by atoms with Crippen molar-refractivity contribution in [2.75, 3.05) is 5.75 Å². The van der Waals surface area contributed by atoms with Gasteiger partial charge in [-0.3, -0.25) is 4.79 Å². The summed E-state index contributed by atoms with van der Waals surface area (Å²) in [5.41, 5.74) is 0. The van der Waals surface area contributed by atoms with Gasteiger partial charge in [0.15, 0.2) is 0 Å². The Hall–Kier alpha value is -0.163. The minimum absolute atomic E-state index is 0.0773. The van der Waals surface area contributed by atoms with Gasteiger partial charge in [0, 0.05) is 0 Å². The lowest BCUT2D eigenvalue weighted by atomic mass is 10.5. The first-order chi connectivity index (χ1) is 3.42. The average molecular weight is 152 g/mol. The number of Topliss-reactive ketones (excluding diaryl/α,β-unsaturated/α-hetero) is 1. The lowest BCUT2D eigenvalue weighted by Crippen LogP contribution is -2.11. The number of hydrogen-bond acceptors (Lipinski definition) is 3. The van der Waals surface area contributed by atoms with Crippen LogP contribution in [0.4, 0.5) is 0 Å². The molecule has 0 aromatic heterocycles. The first kappa shape index (κ1) is 7.84. The fraction of sp³-hybridized carbons (Fsp3) is 0.667. The van der Waals surface area contributed by atoms with Crippen molar-refractivity contribution in [3.63, 3.8) is 0 Å². The Morgan fingerprint density at radius 3 is 2.00 bits per heavy atom. The molecule has 5 heteroatoms. The summed E-state index contributed by atoms with van der Waals surface area (Å²) in [7, 11) is -2.86. The molecule has 0 saturated carbocycles. The monoisotopic (exact) mass is 152 g/mol. The third kappa shape index (κ3) is 5.84. The zero-order valence-electron chi connectivity index (χ0n) is 4.84. The molecule has 0 spiro atoms. The molecular weight excluding hydrogens is 144 g/mol. The van der Waals surface area contributed by atoms with Gasteiger partial charge in [0.25, 0.3) is 0 Å². The smallest absolute Gasteiger partial charge is 0.149 e. The van der Waals surface area contributed by atoms with Gasteiger partial charge in [0.1, 0.15) is 30.2 Å². The van der Waals surface area contributed by atoms with Gasteiger partial charge in [0.05, 0.1) is 0 Å². The van der Waals surface area contributed by atoms with Gasteiger partial charge in [-0.1, -0.05) is 0 Å². The van der Waals surface area contributed by atoms with Gasteiger partial charge in [-0.05, 0) is 6.92 Å². The lowest BCUT2D eigenvalue weighted by Gasteiger charge is -1.88. The van der Waals surface area contributed by atoms with Crippen molar-refractivity contribution in [3.8, 4) is 0 Å². The topological polar surface area (TPSA) is 51.2 Å². The number of rotatable bonds is 2. The van der Waals surface area contributed by atoms with E-state index in [4.69, 9.17) is 0 Å². The van der Waals surface area contributed by atoms with Crippen LogP contribution in [0.15, 0.2) is 0 Å². The maximum atomic E-state index is 10.3. The molecule has 0 N–H and O–H groups in total. The van der Waals surface area contributed by atoms with Crippen LogP contribution >= 0.6 is 0 Å². The molecule has 0 aromatic rings. The van der Waals surface area contributed by atoms with E-state index in [0.29, 0.717) is 0 Å². The first-order valence-corrected chi connectivity index (χ1v) is 6.60. The van der Waals surface area contributed by atoms with Crippen LogP contribution in [-0.4, -0.2) is 29.3 Å². The molecule has 0 amide bonds. The Bertz CT molecular complexity index is 181. The highest BCUT2D eigenvalue weighted by atomic mass is 32.4. The quantitative estimate of drug-likeness (QED) is 0.442. The highest BCUT2D eigenvalue weighted by Crippen LogP contribution is 1.79. The standard InChI is InChI=1S/C3H8O3SSi/c1-3(4)2-7(5,6)8/h2H2,1,8H3. The van der Waals surface area contributed by atoms with Gasteiger partial charge in [-0.2, -0.15) is 0 Å². The second-order valence-electron chi connectivity index (χ2n) is 1.77. The van der Waals surface area contributed by atoms with Crippen molar-refractivity contribution in [1.29, 1.82) is 0 Å². The van der Waals surface area contributed by atoms with E-state index in [9.17, 15) is 13.2 Å². The van der Waals surface area contributed by atoms with Gasteiger partial charge in [-0.25, -0.2) is 8.42 Å². The number of carbonyl (C=O) groups is 1. The number of ketones is 1. The van der Waals surface area contributed by atoms with E-state index in [1.807, 2.05) is 0 Å². The van der Waals surface area contributed by atoms with Crippen LogP contribution < -0.4 is 0 Å². The van der Waals surface area contributed by atoms with Crippen LogP contribution in [0.3, 0.4) is 0 Å². The lowest BCUT2D eigenvalue weighted by molar-refractivity contribution is -0.114. The molecule has 0 heterocycles. The Kier molecular flexibility index (Phi) is 2.36. The molecule has 0 atom stereocenters. The van der Waals surface area contributed by atoms with E-state index in [1.165, 1.54) is 6.92 Å². The highest BCUT2D eigenvalue weighted by Gasteiger charge is 2.03. The van der Waals surface area contributed by atoms with Crippen LogP contribution in [-0.2, 0) is 14.1 Å². The number of carbonyl (C=O) groups excluding carboxylic acids is 1. The molecule has 0 fully saturated rings. The maximum Gasteiger partial charge on any atom is 0.149 e. The molecule has 0 aliphatic rings. The van der Waals surface area contributed by atoms with Crippen LogP contribution in [0, 0.1) is 0 Å². The Labute approximate surface area is 51.1 Å². The Morgan fingerprint density at radius 1 is 1.62 bits per heavy atom. The van der Waals surface area contributed by atoms with E-state index in [0.717, 1.165) is 0 Å². The van der Waals surface area contributed by atoms with Crippen LogP contribution in [0.5, 0.6) is 0 Å². The summed E-state index contributed by atoms with van der Waals surface area (Å²) in [6.45, 7) is 1.27. The molecule has 0 aromatic carbocycles. The summed E-state index contributed by atoms with van der Waals surface area (Å²) >= 11 is 0. The number of hydrogen-bond donors (Lipinski definition) is 0. The molecule has 0 radical (unpaired) electrons. The molecule has 0 aliphatic heterocycles. The van der Waals surface area contributed by atoms with Gasteiger partial charge < -0.3 is 0 Å². The molecule has 0 aliphatic carbocycles. The van der Waals surface area contributed by atoms with Crippen LogP contribution in [0.2, 0.25) is 0 Å². The summed E-state index contributed by atoms with van der Waals surface area (Å²) in [5, 5.41) is 0. The van der Waals surface area contributed by atoms with Crippen LogP contribution in [0.1, 0.15) is 6.92 Å². The Morgan fingerprint density at radius 2 is 2.00 bits per heavy atom. The minimum atomic E-state index is -2.93. The van der Waals surface area contributed by atoms with Crippen molar-refractivity contribution in [3.05, 3.63) is 0 Å². The fourth-order valence-corrected chi connectivity index (χ4v) is 2.33. The Balaban J connectivity index is 3.95. The van der Waals surface area contributed by atoms with E-state index >= 15 is 0 Å². The third-order valence-corrected chi connectivity index (χ3v) is 2.26. The second-order valence-corrected chi connectivity index (χ2v) is 7.64. The summed E-state index contributed by atoms with van der Waals surface area (Å²) in [6, 6.07) is 0. The van der Waals surface area contributed by atoms with E-state index in [-0.39, 0.29) is 20.9 Å². The summed E-state index contributed by atoms with van der Waals surface area (Å²) in [4.78, 5) is 10.1. The van der Waals surface area contributed by atoms with Crippen molar-refractivity contribution < 1.29 is 13.2 Å². The van der Waals surface area contributed by atoms with Crippen LogP contribution in [0.25, 0.3) is 0 Å². The highest BCUT2D eigenvalue weighted by molar-refractivity contribution is 8.12. The maximum absolute atomic E-state index is 10.3. The molecule has 0 bridgehead atoms. The normalized spacial score (nSPS) is 11.6. The zero-order valence-corrected chi connectivity index (χ0v) is 7.66. The van der Waals surface area contributed by atoms with Gasteiger partial charge >= 0.3 is 0 Å². The zero-order chi connectivity index (χ0) is 6.78. The van der Waals surface area contributed by atoms with Crippen molar-refractivity contribution in [2.45, 2.75) is 6.92 Å². The third-order valence-electron chi connectivity index (χ3n) is 0.465. The average Bonchev–Trinajstić information content (AvgIpc) is 1.21. The first-order valence-electron chi connectivity index (χ1n) is 2.09. The second kappa shape index (κ2) is 2.41. The van der Waals surface area contributed by atoms with Gasteiger partial charge in [0.2, 0.25) is 0 Å². The molecule has 0 saturated heterocycles. The van der Waals surface area contributed by atoms with E-state index < -0.39 is 9.29 Å². The summed E-state index contributed by atoms with van der Waals surface area (Å²) < 4.78 is 20.6. The molecule has 0 rings (SSSR count). The molecule has 48 valence electrons.